The third kappa shape index (κ3) is 3.43. The number of nitrogens with two attached hydrogens (primary N) is 1. The molecule has 4 nitrogen and oxygen atoms in total. The van der Waals surface area contributed by atoms with Gasteiger partial charge >= 0.3 is 0 Å². The number of aliphatic hydroxyl groups is 1. The maximum absolute atomic E-state index is 8.48. The molecule has 0 radical (unpaired) electrons. The normalized spacial score (nSPS) is 10.3. The summed E-state index contributed by atoms with van der Waals surface area (Å²) in [6.45, 7) is 2.09. The summed E-state index contributed by atoms with van der Waals surface area (Å²) < 4.78 is 2.05. The van der Waals surface area contributed by atoms with Crippen LogP contribution in [-0.2, 0) is 13.5 Å². The van der Waals surface area contributed by atoms with E-state index in [0.717, 1.165) is 29.3 Å². The molecule has 0 unspecified atom stereocenters. The van der Waals surface area contributed by atoms with Crippen LogP contribution in [-0.4, -0.2) is 22.5 Å². The molecule has 4 heteroatoms. The summed E-state index contributed by atoms with van der Waals surface area (Å²) in [5, 5.41) is 16.5. The smallest absolute Gasteiger partial charge is 0.0486 e. The Hall–Kier alpha value is -2.59. The highest BCUT2D eigenvalue weighted by molar-refractivity contribution is 6.10. The number of hydrogen-bond acceptors (Lipinski definition) is 3. The second-order valence-electron chi connectivity index (χ2n) is 5.51. The minimum Gasteiger partial charge on any atom is -0.400 e. The lowest BCUT2D eigenvalue weighted by molar-refractivity contribution is 0.399. The topological polar surface area (TPSA) is 75.0 Å². The maximum Gasteiger partial charge on any atom is 0.0486 e. The fourth-order valence-corrected chi connectivity index (χ4v) is 2.74. The van der Waals surface area contributed by atoms with Gasteiger partial charge in [0.2, 0.25) is 0 Å². The van der Waals surface area contributed by atoms with Crippen LogP contribution >= 0.6 is 0 Å². The van der Waals surface area contributed by atoms with E-state index in [2.05, 4.69) is 23.6 Å². The Morgan fingerprint density at radius 2 is 1.87 bits per heavy atom. The van der Waals surface area contributed by atoms with Crippen LogP contribution in [0, 0.1) is 12.3 Å². The first kappa shape index (κ1) is 16.8. The first-order valence-electron chi connectivity index (χ1n) is 7.48. The van der Waals surface area contributed by atoms with Crippen molar-refractivity contribution in [1.82, 2.24) is 4.57 Å². The molecule has 23 heavy (non-hydrogen) atoms. The van der Waals surface area contributed by atoms with Gasteiger partial charge in [-0.3, -0.25) is 0 Å². The molecule has 0 aliphatic rings. The van der Waals surface area contributed by atoms with E-state index >= 15 is 0 Å². The van der Waals surface area contributed by atoms with E-state index in [1.807, 2.05) is 43.6 Å². The van der Waals surface area contributed by atoms with Gasteiger partial charge in [0, 0.05) is 54.6 Å². The third-order valence-corrected chi connectivity index (χ3v) is 3.97. The van der Waals surface area contributed by atoms with E-state index in [1.165, 1.54) is 11.1 Å². The molecule has 0 aliphatic heterocycles. The summed E-state index contributed by atoms with van der Waals surface area (Å²) in [6.07, 6.45) is 2.66. The predicted molar refractivity (Wildman–Crippen MR) is 97.2 cm³/mol. The molecule has 0 aliphatic carbocycles. The van der Waals surface area contributed by atoms with Crippen molar-refractivity contribution in [2.24, 2.45) is 7.05 Å². The monoisotopic (exact) mass is 309 g/mol. The molecule has 1 heterocycles. The summed E-state index contributed by atoms with van der Waals surface area (Å²) in [5.41, 5.74) is 11.7. The van der Waals surface area contributed by atoms with Gasteiger partial charge in [0.05, 0.1) is 0 Å². The largest absolute Gasteiger partial charge is 0.400 e. The van der Waals surface area contributed by atoms with Gasteiger partial charge in [0.1, 0.15) is 0 Å². The number of aromatic nitrogens is 1. The lowest BCUT2D eigenvalue weighted by atomic mass is 9.98. The molecular formula is C19H23N3O. The predicted octanol–water partition coefficient (Wildman–Crippen LogP) is 3.29. The number of nitrogens with one attached hydrogen (secondary N) is 1. The highest BCUT2D eigenvalue weighted by atomic mass is 16.2. The van der Waals surface area contributed by atoms with Crippen molar-refractivity contribution in [2.45, 2.75) is 13.3 Å². The Bertz CT molecular complexity index is 834. The Kier molecular flexibility index (Phi) is 5.19. The fourth-order valence-electron chi connectivity index (χ4n) is 2.74. The molecule has 4 N–H and O–H groups in total. The van der Waals surface area contributed by atoms with Crippen LogP contribution in [0.15, 0.2) is 48.7 Å². The second kappa shape index (κ2) is 7.11. The molecule has 1 aromatic heterocycles. The Labute approximate surface area is 136 Å². The number of aryl methyl sites for hydroxylation is 2. The zero-order valence-corrected chi connectivity index (χ0v) is 13.8. The first-order valence-corrected chi connectivity index (χ1v) is 7.48. The number of nitrogens with zero attached hydrogens (tertiary/aromatic N) is 1. The van der Waals surface area contributed by atoms with Crippen LogP contribution in [0.4, 0.5) is 5.69 Å². The average molecular weight is 309 g/mol. The van der Waals surface area contributed by atoms with Crippen molar-refractivity contribution in [1.29, 1.82) is 5.41 Å². The molecule has 0 amide bonds. The van der Waals surface area contributed by atoms with Gasteiger partial charge in [-0.05, 0) is 36.2 Å². The number of anilines is 1. The van der Waals surface area contributed by atoms with E-state index in [9.17, 15) is 0 Å². The van der Waals surface area contributed by atoms with Gasteiger partial charge in [-0.1, -0.05) is 24.3 Å². The molecule has 2 aromatic carbocycles. The van der Waals surface area contributed by atoms with Crippen LogP contribution in [0.1, 0.15) is 16.7 Å². The van der Waals surface area contributed by atoms with Crippen LogP contribution in [0.5, 0.6) is 0 Å². The van der Waals surface area contributed by atoms with Crippen LogP contribution in [0.2, 0.25) is 0 Å². The first-order chi connectivity index (χ1) is 11.1. The third-order valence-electron chi connectivity index (χ3n) is 3.97. The van der Waals surface area contributed by atoms with E-state index in [0.29, 0.717) is 12.1 Å². The number of nitrogen functional groups attached to an aromatic ring is 1. The maximum atomic E-state index is 8.48. The second-order valence-corrected chi connectivity index (χ2v) is 5.51. The van der Waals surface area contributed by atoms with Gasteiger partial charge < -0.3 is 20.8 Å². The van der Waals surface area contributed by atoms with Gasteiger partial charge in [0.15, 0.2) is 0 Å². The molecule has 0 bridgehead atoms. The molecule has 120 valence electrons. The Morgan fingerprint density at radius 1 is 1.17 bits per heavy atom. The lowest BCUT2D eigenvalue weighted by Gasteiger charge is -2.06. The molecule has 3 aromatic rings. The quantitative estimate of drug-likeness (QED) is 0.513. The summed E-state index contributed by atoms with van der Waals surface area (Å²) in [5.74, 6) is 0. The van der Waals surface area contributed by atoms with Crippen molar-refractivity contribution in [2.75, 3.05) is 12.8 Å². The standard InChI is InChI=1S/C18H19N3.CH4O/c1-12-5-3-4-6-13(12)9-17(20)16-11-21(2)18-8-7-14(19)10-15(16)18;1-2/h3-8,10-11,20H,9,19H2,1-2H3;2H,1H3. The highest BCUT2D eigenvalue weighted by Crippen LogP contribution is 2.24. The van der Waals surface area contributed by atoms with Crippen molar-refractivity contribution in [3.63, 3.8) is 0 Å². The Morgan fingerprint density at radius 3 is 2.57 bits per heavy atom. The molecule has 0 spiro atoms. The molecular weight excluding hydrogens is 286 g/mol. The summed E-state index contributed by atoms with van der Waals surface area (Å²) >= 11 is 0. The van der Waals surface area contributed by atoms with Gasteiger partial charge in [0.25, 0.3) is 0 Å². The van der Waals surface area contributed by atoms with E-state index in [4.69, 9.17) is 16.2 Å². The number of rotatable bonds is 3. The van der Waals surface area contributed by atoms with Crippen LogP contribution in [0.3, 0.4) is 0 Å². The van der Waals surface area contributed by atoms with Crippen molar-refractivity contribution < 1.29 is 5.11 Å². The van der Waals surface area contributed by atoms with E-state index in [-0.39, 0.29) is 0 Å². The number of fused-ring (bicyclic) bond motifs is 1. The SMILES string of the molecule is CO.Cc1ccccc1CC(=N)c1cn(C)c2ccc(N)cc12. The summed E-state index contributed by atoms with van der Waals surface area (Å²) in [4.78, 5) is 0. The Balaban J connectivity index is 0.000000924. The summed E-state index contributed by atoms with van der Waals surface area (Å²) in [6, 6.07) is 14.1. The van der Waals surface area contributed by atoms with Crippen LogP contribution in [0.25, 0.3) is 10.9 Å². The van der Waals surface area contributed by atoms with Crippen molar-refractivity contribution in [3.05, 3.63) is 65.4 Å². The average Bonchev–Trinajstić information content (AvgIpc) is 2.88. The van der Waals surface area contributed by atoms with E-state index < -0.39 is 0 Å². The number of hydrogen-bond donors (Lipinski definition) is 3. The fraction of sp³-hybridized carbons (Fsp3) is 0.211. The minimum atomic E-state index is 0.625. The lowest BCUT2D eigenvalue weighted by Crippen LogP contribution is -2.04. The van der Waals surface area contributed by atoms with Crippen molar-refractivity contribution in [3.8, 4) is 0 Å². The molecule has 0 saturated heterocycles. The zero-order valence-electron chi connectivity index (χ0n) is 13.8. The van der Waals surface area contributed by atoms with Crippen molar-refractivity contribution >= 4 is 22.3 Å². The number of benzene rings is 2. The molecule has 0 saturated carbocycles. The van der Waals surface area contributed by atoms with Gasteiger partial charge in [-0.15, -0.1) is 0 Å². The highest BCUT2D eigenvalue weighted by Gasteiger charge is 2.12. The molecule has 3 rings (SSSR count). The van der Waals surface area contributed by atoms with Crippen LogP contribution < -0.4 is 5.73 Å². The molecule has 0 atom stereocenters. The van der Waals surface area contributed by atoms with Gasteiger partial charge in [-0.2, -0.15) is 0 Å². The zero-order chi connectivity index (χ0) is 17.0. The van der Waals surface area contributed by atoms with E-state index in [1.54, 1.807) is 0 Å². The summed E-state index contributed by atoms with van der Waals surface area (Å²) in [7, 11) is 3.00. The minimum absolute atomic E-state index is 0.625. The van der Waals surface area contributed by atoms with Gasteiger partial charge in [-0.25, -0.2) is 0 Å². The molecule has 0 fully saturated rings. The number of aliphatic hydroxyl groups excluding tert-OH is 1.